The molecule has 0 aliphatic carbocycles. The van der Waals surface area contributed by atoms with Gasteiger partial charge in [0.2, 0.25) is 0 Å². The summed E-state index contributed by atoms with van der Waals surface area (Å²) in [6.45, 7) is 8.69. The van der Waals surface area contributed by atoms with Gasteiger partial charge in [0.25, 0.3) is 0 Å². The molecule has 1 aromatic heterocycles. The fourth-order valence-corrected chi connectivity index (χ4v) is 5.20. The molecule has 0 saturated carbocycles. The average molecular weight is 538 g/mol. The topological polar surface area (TPSA) is 62.0 Å². The van der Waals surface area contributed by atoms with Crippen LogP contribution in [0.15, 0.2) is 95.5 Å². The summed E-state index contributed by atoms with van der Waals surface area (Å²) in [5.74, 6) is 1.76. The molecule has 5 rings (SSSR count). The van der Waals surface area contributed by atoms with E-state index in [2.05, 4.69) is 89.5 Å². The Hall–Kier alpha value is -3.71. The largest absolute Gasteiger partial charge is 0.490 e. The third kappa shape index (κ3) is 7.27. The van der Waals surface area contributed by atoms with Crippen molar-refractivity contribution in [3.8, 4) is 5.75 Å². The van der Waals surface area contributed by atoms with E-state index < -0.39 is 6.10 Å². The summed E-state index contributed by atoms with van der Waals surface area (Å²) in [4.78, 5) is 4.88. The van der Waals surface area contributed by atoms with Gasteiger partial charge in [-0.3, -0.25) is 9.80 Å². The lowest BCUT2D eigenvalue weighted by Gasteiger charge is -2.40. The maximum atomic E-state index is 10.8. The van der Waals surface area contributed by atoms with E-state index in [0.717, 1.165) is 43.2 Å². The van der Waals surface area contributed by atoms with Crippen molar-refractivity contribution in [2.75, 3.05) is 39.3 Å². The van der Waals surface area contributed by atoms with E-state index >= 15 is 0 Å². The highest BCUT2D eigenvalue weighted by Gasteiger charge is 2.27. The van der Waals surface area contributed by atoms with Crippen LogP contribution in [-0.4, -0.2) is 65.5 Å². The second-order valence-electron chi connectivity index (χ2n) is 10.7. The van der Waals surface area contributed by atoms with Crippen molar-refractivity contribution in [2.24, 2.45) is 0 Å². The molecule has 4 aromatic rings. The van der Waals surface area contributed by atoms with Crippen LogP contribution in [0, 0.1) is 0 Å². The minimum atomic E-state index is -0.578. The van der Waals surface area contributed by atoms with E-state index in [1.807, 2.05) is 42.5 Å². The number of benzene rings is 3. The minimum Gasteiger partial charge on any atom is -0.490 e. The third-order valence-electron chi connectivity index (χ3n) is 7.39. The molecule has 6 heteroatoms. The van der Waals surface area contributed by atoms with E-state index in [9.17, 15) is 5.11 Å². The molecule has 0 spiro atoms. The van der Waals surface area contributed by atoms with Gasteiger partial charge in [-0.2, -0.15) is 0 Å². The number of aliphatic hydroxyl groups is 1. The Morgan fingerprint density at radius 3 is 2.10 bits per heavy atom. The van der Waals surface area contributed by atoms with E-state index in [1.165, 1.54) is 11.1 Å². The summed E-state index contributed by atoms with van der Waals surface area (Å²) in [5, 5.41) is 14.9. The second-order valence-corrected chi connectivity index (χ2v) is 10.7. The number of ether oxygens (including phenoxy) is 1. The van der Waals surface area contributed by atoms with Crippen LogP contribution in [0.3, 0.4) is 0 Å². The van der Waals surface area contributed by atoms with E-state index in [1.54, 1.807) is 0 Å². The fraction of sp³-hybridized carbons (Fsp3) is 0.324. The molecule has 1 aliphatic rings. The van der Waals surface area contributed by atoms with Gasteiger partial charge in [0.05, 0.1) is 11.7 Å². The Bertz CT molecular complexity index is 1310. The first-order valence-corrected chi connectivity index (χ1v) is 14.2. The van der Waals surface area contributed by atoms with Gasteiger partial charge >= 0.3 is 0 Å². The van der Waals surface area contributed by atoms with Crippen molar-refractivity contribution in [3.05, 3.63) is 119 Å². The van der Waals surface area contributed by atoms with E-state index in [4.69, 9.17) is 9.26 Å². The maximum Gasteiger partial charge on any atom is 0.159 e. The van der Waals surface area contributed by atoms with Crippen LogP contribution in [0.4, 0.5) is 0 Å². The molecule has 1 N–H and O–H groups in total. The molecule has 0 radical (unpaired) electrons. The predicted molar refractivity (Wildman–Crippen MR) is 160 cm³/mol. The number of β-amino-alcohol motifs (C(OH)–C–C–N with tert-alkyl or cyclic N) is 1. The van der Waals surface area contributed by atoms with E-state index in [0.29, 0.717) is 18.2 Å². The second kappa shape index (κ2) is 13.6. The van der Waals surface area contributed by atoms with Crippen molar-refractivity contribution in [2.45, 2.75) is 31.9 Å². The highest BCUT2D eigenvalue weighted by atomic mass is 16.5. The Balaban J connectivity index is 1.14. The molecule has 1 unspecified atom stereocenters. The zero-order valence-electron chi connectivity index (χ0n) is 23.4. The lowest BCUT2D eigenvalue weighted by Crippen LogP contribution is -2.50. The zero-order valence-corrected chi connectivity index (χ0v) is 23.4. The number of aromatic nitrogens is 1. The van der Waals surface area contributed by atoms with Crippen LogP contribution < -0.4 is 4.74 Å². The molecule has 3 aromatic carbocycles. The molecule has 40 heavy (non-hydrogen) atoms. The first-order chi connectivity index (χ1) is 19.6. The Morgan fingerprint density at radius 2 is 1.48 bits per heavy atom. The molecule has 0 bridgehead atoms. The molecule has 6 nitrogen and oxygen atoms in total. The predicted octanol–water partition coefficient (Wildman–Crippen LogP) is 6.12. The average Bonchev–Trinajstić information content (AvgIpc) is 3.47. The summed E-state index contributed by atoms with van der Waals surface area (Å²) in [6, 6.07) is 31.5. The first kappa shape index (κ1) is 27.8. The van der Waals surface area contributed by atoms with Gasteiger partial charge in [-0.05, 0) is 35.3 Å². The van der Waals surface area contributed by atoms with Crippen molar-refractivity contribution in [1.29, 1.82) is 0 Å². The summed E-state index contributed by atoms with van der Waals surface area (Å²) in [6.07, 6.45) is 3.28. The van der Waals surface area contributed by atoms with Crippen LogP contribution in [0.5, 0.6) is 5.75 Å². The SMILES string of the molecule is CC(C)c1cc(/C=C/c2ccccc2OCC(O)CN2CCN(C(c3ccccc3)c3ccccc3)CC2)on1. The minimum absolute atomic E-state index is 0.233. The molecule has 208 valence electrons. The molecular weight excluding hydrogens is 498 g/mol. The summed E-state index contributed by atoms with van der Waals surface area (Å²) < 4.78 is 11.5. The molecule has 1 aliphatic heterocycles. The van der Waals surface area contributed by atoms with Crippen LogP contribution in [0.2, 0.25) is 0 Å². The zero-order chi connectivity index (χ0) is 27.7. The quantitative estimate of drug-likeness (QED) is 0.249. The summed E-state index contributed by atoms with van der Waals surface area (Å²) in [7, 11) is 0. The van der Waals surface area contributed by atoms with Gasteiger partial charge in [0.15, 0.2) is 5.76 Å². The number of piperazine rings is 1. The van der Waals surface area contributed by atoms with Gasteiger partial charge in [-0.1, -0.05) is 97.9 Å². The molecule has 1 saturated heterocycles. The number of para-hydroxylation sites is 1. The van der Waals surface area contributed by atoms with Crippen LogP contribution >= 0.6 is 0 Å². The lowest BCUT2D eigenvalue weighted by atomic mass is 9.96. The molecule has 1 atom stereocenters. The van der Waals surface area contributed by atoms with Crippen LogP contribution in [0.25, 0.3) is 12.2 Å². The van der Waals surface area contributed by atoms with Gasteiger partial charge in [-0.15, -0.1) is 0 Å². The summed E-state index contributed by atoms with van der Waals surface area (Å²) >= 11 is 0. The van der Waals surface area contributed by atoms with Crippen molar-refractivity contribution < 1.29 is 14.4 Å². The normalized spacial score (nSPS) is 15.7. The van der Waals surface area contributed by atoms with Crippen molar-refractivity contribution >= 4 is 12.2 Å². The fourth-order valence-electron chi connectivity index (χ4n) is 5.20. The lowest BCUT2D eigenvalue weighted by molar-refractivity contribution is 0.0400. The van der Waals surface area contributed by atoms with Gasteiger partial charge < -0.3 is 14.4 Å². The number of hydrogen-bond donors (Lipinski definition) is 1. The molecule has 0 amide bonds. The Kier molecular flexibility index (Phi) is 9.45. The van der Waals surface area contributed by atoms with Gasteiger partial charge in [0.1, 0.15) is 18.5 Å². The molecule has 1 fully saturated rings. The Morgan fingerprint density at radius 1 is 0.850 bits per heavy atom. The van der Waals surface area contributed by atoms with Crippen LogP contribution in [0.1, 0.15) is 54.0 Å². The number of nitrogens with zero attached hydrogens (tertiary/aromatic N) is 3. The molecule has 2 heterocycles. The summed E-state index contributed by atoms with van der Waals surface area (Å²) in [5.41, 5.74) is 4.49. The first-order valence-electron chi connectivity index (χ1n) is 14.2. The van der Waals surface area contributed by atoms with Crippen LogP contribution in [-0.2, 0) is 0 Å². The monoisotopic (exact) mass is 537 g/mol. The molecular formula is C34H39N3O3. The number of aliphatic hydroxyl groups excluding tert-OH is 1. The highest BCUT2D eigenvalue weighted by molar-refractivity contribution is 5.70. The number of rotatable bonds is 11. The number of hydrogen-bond acceptors (Lipinski definition) is 6. The van der Waals surface area contributed by atoms with Crippen molar-refractivity contribution in [3.63, 3.8) is 0 Å². The smallest absolute Gasteiger partial charge is 0.159 e. The van der Waals surface area contributed by atoms with Crippen molar-refractivity contribution in [1.82, 2.24) is 15.0 Å². The van der Waals surface area contributed by atoms with Gasteiger partial charge in [-0.25, -0.2) is 0 Å². The third-order valence-corrected chi connectivity index (χ3v) is 7.39. The maximum absolute atomic E-state index is 10.8. The Labute approximate surface area is 237 Å². The standard InChI is InChI=1S/C34H39N3O3/c1-26(2)32-23-31(40-35-32)18-17-27-11-9-10-16-33(27)39-25-30(38)24-36-19-21-37(22-20-36)34(28-12-5-3-6-13-28)29-14-7-4-8-15-29/h3-18,23,26,30,34,38H,19-22,24-25H2,1-2H3/b18-17+. The van der Waals surface area contributed by atoms with E-state index in [-0.39, 0.29) is 12.6 Å². The van der Waals surface area contributed by atoms with Gasteiger partial charge in [0, 0.05) is 44.4 Å². The highest BCUT2D eigenvalue weighted by Crippen LogP contribution is 2.29.